The summed E-state index contributed by atoms with van der Waals surface area (Å²) in [4.78, 5) is 32.2. The highest BCUT2D eigenvalue weighted by Crippen LogP contribution is 2.01. The molecule has 0 bridgehead atoms. The average molecular weight is 217 g/mol. The first kappa shape index (κ1) is 13.4. The lowest BCUT2D eigenvalue weighted by Gasteiger charge is -2.17. The van der Waals surface area contributed by atoms with Crippen LogP contribution in [0.4, 0.5) is 0 Å². The normalized spacial score (nSPS) is 12.0. The Morgan fingerprint density at radius 3 is 2.20 bits per heavy atom. The topological polar surface area (TPSA) is 92.7 Å². The van der Waals surface area contributed by atoms with E-state index in [1.807, 2.05) is 0 Å². The van der Waals surface area contributed by atoms with Crippen molar-refractivity contribution >= 4 is 17.8 Å². The number of esters is 1. The van der Waals surface area contributed by atoms with Gasteiger partial charge in [-0.25, -0.2) is 4.79 Å². The van der Waals surface area contributed by atoms with Crippen LogP contribution in [0.25, 0.3) is 0 Å². The first-order chi connectivity index (χ1) is 6.84. The van der Waals surface area contributed by atoms with Gasteiger partial charge < -0.3 is 15.2 Å². The van der Waals surface area contributed by atoms with Crippen LogP contribution in [0, 0.1) is 5.92 Å². The largest absolute Gasteiger partial charge is 0.480 e. The zero-order valence-electron chi connectivity index (χ0n) is 8.94. The molecule has 0 saturated heterocycles. The van der Waals surface area contributed by atoms with Gasteiger partial charge in [-0.05, 0) is 5.92 Å². The Hall–Kier alpha value is -1.59. The molecule has 6 heteroatoms. The summed E-state index contributed by atoms with van der Waals surface area (Å²) in [6, 6.07) is -0.965. The third kappa shape index (κ3) is 5.66. The van der Waals surface area contributed by atoms with Crippen LogP contribution in [0.1, 0.15) is 20.8 Å². The maximum absolute atomic E-state index is 11.1. The van der Waals surface area contributed by atoms with Crippen LogP contribution in [-0.2, 0) is 19.1 Å². The predicted octanol–water partition coefficient (Wildman–Crippen LogP) is -0.225. The number of nitrogens with one attached hydrogen (secondary N) is 1. The van der Waals surface area contributed by atoms with Crippen LogP contribution in [0.15, 0.2) is 0 Å². The van der Waals surface area contributed by atoms with Gasteiger partial charge in [-0.2, -0.15) is 0 Å². The van der Waals surface area contributed by atoms with E-state index >= 15 is 0 Å². The Balaban J connectivity index is 4.12. The van der Waals surface area contributed by atoms with E-state index in [4.69, 9.17) is 5.11 Å². The van der Waals surface area contributed by atoms with Gasteiger partial charge >= 0.3 is 11.9 Å². The molecule has 86 valence electrons. The second kappa shape index (κ2) is 6.00. The highest BCUT2D eigenvalue weighted by molar-refractivity contribution is 5.85. The molecule has 0 aliphatic rings. The van der Waals surface area contributed by atoms with Crippen molar-refractivity contribution in [3.8, 4) is 0 Å². The number of hydrogen-bond acceptors (Lipinski definition) is 4. The van der Waals surface area contributed by atoms with E-state index in [1.54, 1.807) is 13.8 Å². The van der Waals surface area contributed by atoms with Crippen LogP contribution in [0.2, 0.25) is 0 Å². The Morgan fingerprint density at radius 2 is 1.87 bits per heavy atom. The number of hydrogen-bond donors (Lipinski definition) is 2. The molecule has 0 aliphatic heterocycles. The lowest BCUT2D eigenvalue weighted by atomic mass is 10.1. The number of carbonyl (C=O) groups is 3. The Morgan fingerprint density at radius 1 is 1.33 bits per heavy atom. The number of aliphatic carboxylic acids is 1. The van der Waals surface area contributed by atoms with Crippen LogP contribution >= 0.6 is 0 Å². The van der Waals surface area contributed by atoms with Crippen molar-refractivity contribution in [3.05, 3.63) is 0 Å². The lowest BCUT2D eigenvalue weighted by Crippen LogP contribution is -2.45. The van der Waals surface area contributed by atoms with Gasteiger partial charge in [-0.15, -0.1) is 0 Å². The molecule has 0 unspecified atom stereocenters. The fourth-order valence-electron chi connectivity index (χ4n) is 0.896. The van der Waals surface area contributed by atoms with Crippen molar-refractivity contribution in [1.29, 1.82) is 0 Å². The maximum Gasteiger partial charge on any atom is 0.326 e. The monoisotopic (exact) mass is 217 g/mol. The molecule has 1 atom stereocenters. The number of amides is 1. The second-order valence-electron chi connectivity index (χ2n) is 3.41. The first-order valence-electron chi connectivity index (χ1n) is 4.50. The fourth-order valence-corrected chi connectivity index (χ4v) is 0.896. The average Bonchev–Trinajstić information content (AvgIpc) is 2.09. The molecule has 15 heavy (non-hydrogen) atoms. The first-order valence-corrected chi connectivity index (χ1v) is 4.50. The molecule has 0 saturated carbocycles. The van der Waals surface area contributed by atoms with Crippen LogP contribution in [-0.4, -0.2) is 35.6 Å². The minimum atomic E-state index is -1.11. The predicted molar refractivity (Wildman–Crippen MR) is 51.0 cm³/mol. The molecular formula is C9H15NO5. The quantitative estimate of drug-likeness (QED) is 0.621. The van der Waals surface area contributed by atoms with Gasteiger partial charge in [0.25, 0.3) is 5.91 Å². The zero-order chi connectivity index (χ0) is 12.0. The van der Waals surface area contributed by atoms with Gasteiger partial charge in [0.2, 0.25) is 0 Å². The number of ether oxygens (including phenoxy) is 1. The summed E-state index contributed by atoms with van der Waals surface area (Å²) in [5.41, 5.74) is 0. The molecule has 0 fully saturated rings. The van der Waals surface area contributed by atoms with Crippen LogP contribution in [0.3, 0.4) is 0 Å². The molecular weight excluding hydrogens is 202 g/mol. The molecule has 6 nitrogen and oxygen atoms in total. The van der Waals surface area contributed by atoms with Gasteiger partial charge in [0.1, 0.15) is 6.04 Å². The van der Waals surface area contributed by atoms with Crippen molar-refractivity contribution in [3.63, 3.8) is 0 Å². The van der Waals surface area contributed by atoms with Crippen molar-refractivity contribution in [2.45, 2.75) is 26.8 Å². The van der Waals surface area contributed by atoms with Gasteiger partial charge in [-0.1, -0.05) is 13.8 Å². The standard InChI is InChI=1S/C9H15NO5/c1-5(2)8(9(13)14)10-7(12)4-15-6(3)11/h5,8H,4H2,1-3H3,(H,10,12)(H,13,14)/t8-/m1/s1. The lowest BCUT2D eigenvalue weighted by molar-refractivity contribution is -0.148. The van der Waals surface area contributed by atoms with Crippen LogP contribution in [0.5, 0.6) is 0 Å². The Bertz CT molecular complexity index is 261. The van der Waals surface area contributed by atoms with Crippen molar-refractivity contribution in [2.24, 2.45) is 5.92 Å². The highest BCUT2D eigenvalue weighted by Gasteiger charge is 2.23. The zero-order valence-corrected chi connectivity index (χ0v) is 8.94. The summed E-state index contributed by atoms with van der Waals surface area (Å²) < 4.78 is 4.42. The maximum atomic E-state index is 11.1. The molecule has 0 aromatic carbocycles. The third-order valence-corrected chi connectivity index (χ3v) is 1.66. The molecule has 2 N–H and O–H groups in total. The van der Waals surface area contributed by atoms with Crippen molar-refractivity contribution < 1.29 is 24.2 Å². The molecule has 0 aromatic heterocycles. The highest BCUT2D eigenvalue weighted by atomic mass is 16.5. The van der Waals surface area contributed by atoms with E-state index < -0.39 is 30.5 Å². The summed E-state index contributed by atoms with van der Waals surface area (Å²) in [5, 5.41) is 11.0. The van der Waals surface area contributed by atoms with E-state index in [0.29, 0.717) is 0 Å². The van der Waals surface area contributed by atoms with E-state index in [2.05, 4.69) is 10.1 Å². The minimum absolute atomic E-state index is 0.233. The van der Waals surface area contributed by atoms with E-state index in [9.17, 15) is 14.4 Å². The molecule has 0 radical (unpaired) electrons. The fraction of sp³-hybridized carbons (Fsp3) is 0.667. The van der Waals surface area contributed by atoms with E-state index in [1.165, 1.54) is 6.92 Å². The Labute approximate surface area is 87.6 Å². The van der Waals surface area contributed by atoms with E-state index in [0.717, 1.165) is 0 Å². The van der Waals surface area contributed by atoms with Gasteiger partial charge in [0.15, 0.2) is 6.61 Å². The minimum Gasteiger partial charge on any atom is -0.480 e. The van der Waals surface area contributed by atoms with Crippen LogP contribution < -0.4 is 5.32 Å². The van der Waals surface area contributed by atoms with Crippen molar-refractivity contribution in [2.75, 3.05) is 6.61 Å². The Kier molecular flexibility index (Phi) is 5.36. The number of carbonyl (C=O) groups excluding carboxylic acids is 2. The summed E-state index contributed by atoms with van der Waals surface area (Å²) in [6.07, 6.45) is 0. The van der Waals surface area contributed by atoms with E-state index in [-0.39, 0.29) is 5.92 Å². The number of carboxylic acid groups (broad SMARTS) is 1. The number of rotatable bonds is 5. The molecule has 0 rings (SSSR count). The summed E-state index contributed by atoms with van der Waals surface area (Å²) >= 11 is 0. The summed E-state index contributed by atoms with van der Waals surface area (Å²) in [6.45, 7) is 4.06. The molecule has 0 aromatic rings. The third-order valence-electron chi connectivity index (χ3n) is 1.66. The number of carboxylic acids is 1. The van der Waals surface area contributed by atoms with Gasteiger partial charge in [-0.3, -0.25) is 9.59 Å². The summed E-state index contributed by atoms with van der Waals surface area (Å²) in [7, 11) is 0. The van der Waals surface area contributed by atoms with Crippen molar-refractivity contribution in [1.82, 2.24) is 5.32 Å². The molecule has 0 heterocycles. The smallest absolute Gasteiger partial charge is 0.326 e. The molecule has 1 amide bonds. The van der Waals surface area contributed by atoms with Gasteiger partial charge in [0, 0.05) is 6.92 Å². The van der Waals surface area contributed by atoms with Gasteiger partial charge in [0.05, 0.1) is 0 Å². The SMILES string of the molecule is CC(=O)OCC(=O)N[C@@H](C(=O)O)C(C)C. The molecule has 0 aliphatic carbocycles. The second-order valence-corrected chi connectivity index (χ2v) is 3.41. The molecule has 0 spiro atoms. The summed E-state index contributed by atoms with van der Waals surface area (Å²) in [5.74, 6) is -2.54.